The number of thiazole rings is 1. The van der Waals surface area contributed by atoms with Crippen molar-refractivity contribution in [3.63, 3.8) is 0 Å². The molecule has 0 bridgehead atoms. The normalized spacial score (nSPS) is 14.8. The van der Waals surface area contributed by atoms with Gasteiger partial charge in [0.15, 0.2) is 5.01 Å². The smallest absolute Gasteiger partial charge is 0.283 e. The number of nitrogens with one attached hydrogen (secondary N) is 1. The van der Waals surface area contributed by atoms with Crippen LogP contribution >= 0.6 is 11.3 Å². The molecule has 1 fully saturated rings. The van der Waals surface area contributed by atoms with Crippen LogP contribution in [0.3, 0.4) is 0 Å². The molecule has 0 aromatic carbocycles. The van der Waals surface area contributed by atoms with Gasteiger partial charge in [-0.05, 0) is 25.1 Å². The second-order valence-corrected chi connectivity index (χ2v) is 7.22. The summed E-state index contributed by atoms with van der Waals surface area (Å²) in [6, 6.07) is 5.53. The number of H-pyrrole nitrogens is 1. The minimum Gasteiger partial charge on any atom is -0.339 e. The van der Waals surface area contributed by atoms with E-state index in [-0.39, 0.29) is 18.2 Å². The number of rotatable bonds is 3. The van der Waals surface area contributed by atoms with Gasteiger partial charge in [0.05, 0.1) is 12.1 Å². The van der Waals surface area contributed by atoms with Crippen molar-refractivity contribution >= 4 is 33.5 Å². The van der Waals surface area contributed by atoms with Crippen molar-refractivity contribution in [2.24, 2.45) is 0 Å². The summed E-state index contributed by atoms with van der Waals surface area (Å²) in [5.41, 5.74) is 2.42. The summed E-state index contributed by atoms with van der Waals surface area (Å²) in [4.78, 5) is 38.0. The number of amides is 2. The summed E-state index contributed by atoms with van der Waals surface area (Å²) in [6.07, 6.45) is 1.97. The molecule has 134 valence electrons. The Bertz CT molecular complexity index is 924. The van der Waals surface area contributed by atoms with Crippen molar-refractivity contribution < 1.29 is 9.59 Å². The molecule has 0 atom stereocenters. The number of hydrogen-bond donors (Lipinski definition) is 1. The summed E-state index contributed by atoms with van der Waals surface area (Å²) >= 11 is 1.30. The minimum absolute atomic E-state index is 0.0350. The molecule has 1 aliphatic rings. The second-order valence-electron chi connectivity index (χ2n) is 6.24. The van der Waals surface area contributed by atoms with Crippen LogP contribution in [0.5, 0.6) is 0 Å². The summed E-state index contributed by atoms with van der Waals surface area (Å²) in [5, 5.41) is 7.40. The van der Waals surface area contributed by atoms with Gasteiger partial charge in [0, 0.05) is 38.1 Å². The first-order chi connectivity index (χ1) is 12.6. The molecule has 1 N–H and O–H groups in total. The first-order valence-electron chi connectivity index (χ1n) is 8.39. The van der Waals surface area contributed by atoms with Gasteiger partial charge in [-0.1, -0.05) is 11.3 Å². The number of carbonyl (C=O) groups is 2. The lowest BCUT2D eigenvalue weighted by Crippen LogP contribution is -2.51. The van der Waals surface area contributed by atoms with Gasteiger partial charge in [0.2, 0.25) is 5.91 Å². The van der Waals surface area contributed by atoms with E-state index in [4.69, 9.17) is 0 Å². The number of carbonyl (C=O) groups excluding carboxylic acids is 2. The van der Waals surface area contributed by atoms with Gasteiger partial charge in [-0.3, -0.25) is 14.7 Å². The molecule has 0 radical (unpaired) electrons. The van der Waals surface area contributed by atoms with Crippen LogP contribution in [0.4, 0.5) is 0 Å². The molecule has 8 nitrogen and oxygen atoms in total. The lowest BCUT2D eigenvalue weighted by Gasteiger charge is -2.34. The molecule has 1 saturated heterocycles. The lowest BCUT2D eigenvalue weighted by atomic mass is 10.2. The zero-order chi connectivity index (χ0) is 18.1. The average molecular weight is 370 g/mol. The van der Waals surface area contributed by atoms with Gasteiger partial charge in [0.1, 0.15) is 10.3 Å². The Hall–Kier alpha value is -2.81. The zero-order valence-electron chi connectivity index (χ0n) is 14.3. The maximum absolute atomic E-state index is 12.7. The molecule has 0 spiro atoms. The fraction of sp³-hybridized carbons (Fsp3) is 0.353. The summed E-state index contributed by atoms with van der Waals surface area (Å²) in [7, 11) is 0. The molecule has 0 saturated carbocycles. The highest BCUT2D eigenvalue weighted by molar-refractivity contribution is 7.19. The molecular formula is C17H18N6O2S. The SMILES string of the molecule is Cc1cc(CC(=O)N2CCN(C(=O)c3nc4cccnc4s3)CC2)n[nH]1. The van der Waals surface area contributed by atoms with Crippen molar-refractivity contribution in [2.45, 2.75) is 13.3 Å². The van der Waals surface area contributed by atoms with E-state index >= 15 is 0 Å². The lowest BCUT2D eigenvalue weighted by molar-refractivity contribution is -0.132. The van der Waals surface area contributed by atoms with Crippen LogP contribution in [-0.2, 0) is 11.2 Å². The van der Waals surface area contributed by atoms with E-state index in [2.05, 4.69) is 20.2 Å². The van der Waals surface area contributed by atoms with Gasteiger partial charge in [-0.2, -0.15) is 5.10 Å². The monoisotopic (exact) mass is 370 g/mol. The van der Waals surface area contributed by atoms with Gasteiger partial charge in [-0.25, -0.2) is 9.97 Å². The summed E-state index contributed by atoms with van der Waals surface area (Å²) in [5.74, 6) is -0.0594. The molecule has 0 aliphatic carbocycles. The minimum atomic E-state index is -0.0944. The Labute approximate surface area is 153 Å². The van der Waals surface area contributed by atoms with E-state index in [1.807, 2.05) is 25.1 Å². The van der Waals surface area contributed by atoms with Crippen LogP contribution in [0.25, 0.3) is 10.3 Å². The fourth-order valence-corrected chi connectivity index (χ4v) is 3.86. The molecule has 4 rings (SSSR count). The number of aryl methyl sites for hydroxylation is 1. The summed E-state index contributed by atoms with van der Waals surface area (Å²) in [6.45, 7) is 3.97. The number of pyridine rings is 1. The Kier molecular flexibility index (Phi) is 4.37. The van der Waals surface area contributed by atoms with Crippen LogP contribution in [0, 0.1) is 6.92 Å². The van der Waals surface area contributed by atoms with Crippen molar-refractivity contribution in [2.75, 3.05) is 26.2 Å². The van der Waals surface area contributed by atoms with Crippen molar-refractivity contribution in [3.05, 3.63) is 40.8 Å². The van der Waals surface area contributed by atoms with E-state index in [9.17, 15) is 9.59 Å². The van der Waals surface area contributed by atoms with Crippen LogP contribution in [0.2, 0.25) is 0 Å². The van der Waals surface area contributed by atoms with Crippen LogP contribution in [-0.4, -0.2) is 68.0 Å². The van der Waals surface area contributed by atoms with Gasteiger partial charge in [-0.15, -0.1) is 0 Å². The van der Waals surface area contributed by atoms with E-state index in [1.165, 1.54) is 11.3 Å². The predicted octanol–water partition coefficient (Wildman–Crippen LogP) is 1.25. The molecular weight excluding hydrogens is 352 g/mol. The van der Waals surface area contributed by atoms with Crippen LogP contribution in [0.15, 0.2) is 24.4 Å². The molecule has 4 heterocycles. The number of nitrogens with zero attached hydrogens (tertiary/aromatic N) is 5. The molecule has 2 amide bonds. The highest BCUT2D eigenvalue weighted by Crippen LogP contribution is 2.21. The Morgan fingerprint density at radius 1 is 1.23 bits per heavy atom. The largest absolute Gasteiger partial charge is 0.339 e. The van der Waals surface area contributed by atoms with Crippen molar-refractivity contribution in [1.82, 2.24) is 30.0 Å². The number of piperazine rings is 1. The first kappa shape index (κ1) is 16.6. The first-order valence-corrected chi connectivity index (χ1v) is 9.21. The van der Waals surface area contributed by atoms with E-state index in [1.54, 1.807) is 16.0 Å². The maximum Gasteiger partial charge on any atom is 0.283 e. The van der Waals surface area contributed by atoms with E-state index in [0.29, 0.717) is 31.2 Å². The zero-order valence-corrected chi connectivity index (χ0v) is 15.1. The topological polar surface area (TPSA) is 95.1 Å². The molecule has 0 unspecified atom stereocenters. The Morgan fingerprint density at radius 2 is 2.00 bits per heavy atom. The molecule has 3 aromatic heterocycles. The number of aromatic nitrogens is 4. The Morgan fingerprint density at radius 3 is 2.69 bits per heavy atom. The van der Waals surface area contributed by atoms with Gasteiger partial charge >= 0.3 is 0 Å². The fourth-order valence-electron chi connectivity index (χ4n) is 2.99. The predicted molar refractivity (Wildman–Crippen MR) is 96.9 cm³/mol. The third-order valence-electron chi connectivity index (χ3n) is 4.36. The molecule has 9 heteroatoms. The van der Waals surface area contributed by atoms with Crippen LogP contribution < -0.4 is 0 Å². The standard InChI is InChI=1S/C17H18N6O2S/c1-11-9-12(21-20-11)10-14(24)22-5-7-23(8-6-22)17(25)16-19-13-3-2-4-18-15(13)26-16/h2-4,9H,5-8,10H2,1H3,(H,20,21). The molecule has 3 aromatic rings. The van der Waals surface area contributed by atoms with Gasteiger partial charge in [0.25, 0.3) is 5.91 Å². The summed E-state index contributed by atoms with van der Waals surface area (Å²) < 4.78 is 0. The number of aromatic amines is 1. The second kappa shape index (κ2) is 6.83. The highest BCUT2D eigenvalue weighted by Gasteiger charge is 2.27. The molecule has 26 heavy (non-hydrogen) atoms. The third kappa shape index (κ3) is 3.30. The van der Waals surface area contributed by atoms with Gasteiger partial charge < -0.3 is 9.80 Å². The van der Waals surface area contributed by atoms with E-state index in [0.717, 1.165) is 21.7 Å². The van der Waals surface area contributed by atoms with E-state index < -0.39 is 0 Å². The number of fused-ring (bicyclic) bond motifs is 1. The van der Waals surface area contributed by atoms with Crippen molar-refractivity contribution in [3.8, 4) is 0 Å². The molecule has 1 aliphatic heterocycles. The van der Waals surface area contributed by atoms with Crippen molar-refractivity contribution in [1.29, 1.82) is 0 Å². The Balaban J connectivity index is 1.36. The maximum atomic E-state index is 12.7. The number of hydrogen-bond acceptors (Lipinski definition) is 6. The van der Waals surface area contributed by atoms with Crippen LogP contribution in [0.1, 0.15) is 21.2 Å². The highest BCUT2D eigenvalue weighted by atomic mass is 32.1. The average Bonchev–Trinajstić information content (AvgIpc) is 3.27. The quantitative estimate of drug-likeness (QED) is 0.749. The third-order valence-corrected chi connectivity index (χ3v) is 5.33.